The van der Waals surface area contributed by atoms with Gasteiger partial charge in [0.1, 0.15) is 0 Å². The Labute approximate surface area is 170 Å². The Balaban J connectivity index is 0.00000576. The first-order valence-corrected chi connectivity index (χ1v) is 9.15. The Morgan fingerprint density at radius 2 is 1.88 bits per heavy atom. The molecule has 1 fully saturated rings. The summed E-state index contributed by atoms with van der Waals surface area (Å²) in [5.74, 6) is 1.56. The molecule has 0 unspecified atom stereocenters. The van der Waals surface area contributed by atoms with Gasteiger partial charge in [-0.2, -0.15) is 0 Å². The third-order valence-corrected chi connectivity index (χ3v) is 4.45. The molecule has 1 amide bonds. The van der Waals surface area contributed by atoms with Crippen LogP contribution in [0.1, 0.15) is 46.0 Å². The number of nitrogens with one attached hydrogen (secondary N) is 2. The van der Waals surface area contributed by atoms with Crippen LogP contribution in [0, 0.1) is 11.3 Å². The minimum Gasteiger partial charge on any atom is -0.381 e. The van der Waals surface area contributed by atoms with Gasteiger partial charge in [0.2, 0.25) is 5.91 Å². The maximum absolute atomic E-state index is 12.6. The van der Waals surface area contributed by atoms with Crippen LogP contribution in [0.4, 0.5) is 0 Å². The summed E-state index contributed by atoms with van der Waals surface area (Å²) in [6.07, 6.45) is 5.10. The molecule has 1 saturated carbocycles. The largest absolute Gasteiger partial charge is 0.381 e. The Morgan fingerprint density at radius 1 is 1.24 bits per heavy atom. The second-order valence-electron chi connectivity index (χ2n) is 7.36. The summed E-state index contributed by atoms with van der Waals surface area (Å²) in [6, 6.07) is 0. The maximum Gasteiger partial charge on any atom is 0.230 e. The Morgan fingerprint density at radius 3 is 2.40 bits per heavy atom. The zero-order valence-corrected chi connectivity index (χ0v) is 18.9. The highest BCUT2D eigenvalue weighted by Crippen LogP contribution is 2.38. The van der Waals surface area contributed by atoms with Crippen molar-refractivity contribution < 1.29 is 9.53 Å². The van der Waals surface area contributed by atoms with Crippen LogP contribution in [0.5, 0.6) is 0 Å². The average Bonchev–Trinajstić information content (AvgIpc) is 3.02. The zero-order chi connectivity index (χ0) is 18.0. The van der Waals surface area contributed by atoms with Crippen LogP contribution in [0.25, 0.3) is 0 Å². The highest BCUT2D eigenvalue weighted by atomic mass is 127. The fourth-order valence-electron chi connectivity index (χ4n) is 3.17. The smallest absolute Gasteiger partial charge is 0.230 e. The number of rotatable bonds is 9. The molecule has 25 heavy (non-hydrogen) atoms. The monoisotopic (exact) mass is 468 g/mol. The van der Waals surface area contributed by atoms with Crippen molar-refractivity contribution in [2.24, 2.45) is 16.3 Å². The van der Waals surface area contributed by atoms with Crippen molar-refractivity contribution in [1.29, 1.82) is 0 Å². The van der Waals surface area contributed by atoms with E-state index in [0.717, 1.165) is 57.8 Å². The zero-order valence-electron chi connectivity index (χ0n) is 16.6. The number of hydrogen-bond acceptors (Lipinski definition) is 3. The molecule has 1 aliphatic rings. The molecule has 6 nitrogen and oxygen atoms in total. The molecule has 7 heteroatoms. The second-order valence-corrected chi connectivity index (χ2v) is 7.36. The molecule has 1 aliphatic carbocycles. The number of ether oxygens (including phenoxy) is 1. The van der Waals surface area contributed by atoms with Gasteiger partial charge in [-0.25, -0.2) is 0 Å². The van der Waals surface area contributed by atoms with Crippen LogP contribution >= 0.6 is 24.0 Å². The quantitative estimate of drug-likeness (QED) is 0.236. The predicted molar refractivity (Wildman–Crippen MR) is 115 cm³/mol. The van der Waals surface area contributed by atoms with E-state index < -0.39 is 0 Å². The Kier molecular flexibility index (Phi) is 12.4. The summed E-state index contributed by atoms with van der Waals surface area (Å²) in [6.45, 7) is 7.32. The number of hydrogen-bond donors (Lipinski definition) is 2. The topological polar surface area (TPSA) is 66.0 Å². The van der Waals surface area contributed by atoms with E-state index in [9.17, 15) is 4.79 Å². The van der Waals surface area contributed by atoms with E-state index in [4.69, 9.17) is 4.74 Å². The van der Waals surface area contributed by atoms with Crippen molar-refractivity contribution in [3.8, 4) is 0 Å². The van der Waals surface area contributed by atoms with Crippen LogP contribution in [0.2, 0.25) is 0 Å². The van der Waals surface area contributed by atoms with Gasteiger partial charge in [-0.1, -0.05) is 26.7 Å². The van der Waals surface area contributed by atoms with Crippen molar-refractivity contribution >= 4 is 35.8 Å². The highest BCUT2D eigenvalue weighted by Gasteiger charge is 2.42. The van der Waals surface area contributed by atoms with Gasteiger partial charge in [0.15, 0.2) is 5.96 Å². The number of carbonyl (C=O) groups is 1. The summed E-state index contributed by atoms with van der Waals surface area (Å²) < 4.78 is 5.58. The van der Waals surface area contributed by atoms with Crippen molar-refractivity contribution in [1.82, 2.24) is 15.5 Å². The van der Waals surface area contributed by atoms with Gasteiger partial charge in [-0.15, -0.1) is 24.0 Å². The molecule has 0 spiro atoms. The van der Waals surface area contributed by atoms with Gasteiger partial charge < -0.3 is 20.3 Å². The molecule has 0 saturated heterocycles. The molecule has 0 atom stereocenters. The molecule has 0 aromatic heterocycles. The SMILES string of the molecule is CN=C(NCCCOCC(C)C)NCC1(C(=O)N(C)C)CCCC1.I. The van der Waals surface area contributed by atoms with E-state index >= 15 is 0 Å². The third-order valence-electron chi connectivity index (χ3n) is 4.45. The summed E-state index contributed by atoms with van der Waals surface area (Å²) in [4.78, 5) is 18.5. The molecule has 0 radical (unpaired) electrons. The number of amides is 1. The normalized spacial score (nSPS) is 16.5. The van der Waals surface area contributed by atoms with E-state index in [0.29, 0.717) is 12.5 Å². The molecule has 0 aromatic carbocycles. The van der Waals surface area contributed by atoms with E-state index in [2.05, 4.69) is 29.5 Å². The first kappa shape index (κ1) is 24.4. The van der Waals surface area contributed by atoms with Gasteiger partial charge in [0.25, 0.3) is 0 Å². The molecule has 2 N–H and O–H groups in total. The van der Waals surface area contributed by atoms with Crippen molar-refractivity contribution in [3.05, 3.63) is 0 Å². The third kappa shape index (κ3) is 8.57. The summed E-state index contributed by atoms with van der Waals surface area (Å²) in [5.41, 5.74) is -0.276. The maximum atomic E-state index is 12.6. The van der Waals surface area contributed by atoms with Gasteiger partial charge in [-0.05, 0) is 25.2 Å². The fraction of sp³-hybridized carbons (Fsp3) is 0.889. The number of guanidine groups is 1. The standard InChI is InChI=1S/C18H36N4O2.HI/c1-15(2)13-24-12-8-11-20-17(19-3)21-14-18(9-6-7-10-18)16(23)22(4)5;/h15H,6-14H2,1-5H3,(H2,19,20,21);1H. The first-order chi connectivity index (χ1) is 11.4. The number of carbonyl (C=O) groups excluding carboxylic acids is 1. The fourth-order valence-corrected chi connectivity index (χ4v) is 3.17. The lowest BCUT2D eigenvalue weighted by Crippen LogP contribution is -2.49. The first-order valence-electron chi connectivity index (χ1n) is 9.15. The van der Waals surface area contributed by atoms with Gasteiger partial charge in [0, 0.05) is 47.4 Å². The van der Waals surface area contributed by atoms with E-state index in [-0.39, 0.29) is 35.3 Å². The van der Waals surface area contributed by atoms with Crippen LogP contribution in [-0.4, -0.2) is 64.2 Å². The number of nitrogens with zero attached hydrogens (tertiary/aromatic N) is 2. The molecule has 0 bridgehead atoms. The Bertz CT molecular complexity index is 408. The average molecular weight is 468 g/mol. The minimum absolute atomic E-state index is 0. The van der Waals surface area contributed by atoms with Crippen molar-refractivity contribution in [2.45, 2.75) is 46.0 Å². The van der Waals surface area contributed by atoms with Gasteiger partial charge >= 0.3 is 0 Å². The summed E-state index contributed by atoms with van der Waals surface area (Å²) >= 11 is 0. The van der Waals surface area contributed by atoms with E-state index in [1.807, 2.05) is 14.1 Å². The van der Waals surface area contributed by atoms with Crippen LogP contribution in [-0.2, 0) is 9.53 Å². The molecule has 0 heterocycles. The number of halogens is 1. The van der Waals surface area contributed by atoms with E-state index in [1.165, 1.54) is 0 Å². The van der Waals surface area contributed by atoms with Gasteiger partial charge in [-0.3, -0.25) is 9.79 Å². The van der Waals surface area contributed by atoms with Crippen molar-refractivity contribution in [2.75, 3.05) is 47.4 Å². The predicted octanol–water partition coefficient (Wildman–Crippen LogP) is 2.48. The molecule has 1 rings (SSSR count). The second kappa shape index (κ2) is 12.7. The van der Waals surface area contributed by atoms with Crippen LogP contribution in [0.3, 0.4) is 0 Å². The molecule has 0 aliphatic heterocycles. The lowest BCUT2D eigenvalue weighted by Gasteiger charge is -2.31. The van der Waals surface area contributed by atoms with Gasteiger partial charge in [0.05, 0.1) is 5.41 Å². The lowest BCUT2D eigenvalue weighted by molar-refractivity contribution is -0.138. The minimum atomic E-state index is -0.276. The molecule has 0 aromatic rings. The Hall–Kier alpha value is -0.570. The summed E-state index contributed by atoms with van der Waals surface area (Å²) in [5, 5.41) is 6.65. The number of aliphatic imine (C=N–C) groups is 1. The molecule has 148 valence electrons. The lowest BCUT2D eigenvalue weighted by atomic mass is 9.84. The summed E-state index contributed by atoms with van der Waals surface area (Å²) in [7, 11) is 5.44. The molecular weight excluding hydrogens is 431 g/mol. The highest BCUT2D eigenvalue weighted by molar-refractivity contribution is 14.0. The molecular formula is C18H37IN4O2. The van der Waals surface area contributed by atoms with Crippen molar-refractivity contribution in [3.63, 3.8) is 0 Å². The van der Waals surface area contributed by atoms with E-state index in [1.54, 1.807) is 11.9 Å². The van der Waals surface area contributed by atoms with Crippen LogP contribution in [0.15, 0.2) is 4.99 Å². The van der Waals surface area contributed by atoms with Crippen LogP contribution < -0.4 is 10.6 Å².